The summed E-state index contributed by atoms with van der Waals surface area (Å²) in [6.45, 7) is 1.03. The average molecular weight is 252 g/mol. The molecule has 94 valence electrons. The Hall–Kier alpha value is -0.480. The quantitative estimate of drug-likeness (QED) is 0.878. The Morgan fingerprint density at radius 1 is 1.35 bits per heavy atom. The number of hydrogen-bond donors (Lipinski definition) is 1. The van der Waals surface area contributed by atoms with Crippen LogP contribution in [0, 0.1) is 5.92 Å². The van der Waals surface area contributed by atoms with Crippen LogP contribution in [0.25, 0.3) is 0 Å². The number of fused-ring (bicyclic) bond motifs is 1. The zero-order valence-electron chi connectivity index (χ0n) is 10.1. The van der Waals surface area contributed by atoms with Crippen LogP contribution in [0.1, 0.15) is 43.3 Å². The fraction of sp³-hybridized carbons (Fsp3) is 0.769. The first kappa shape index (κ1) is 11.6. The van der Waals surface area contributed by atoms with Gasteiger partial charge in [-0.2, -0.15) is 11.8 Å². The van der Waals surface area contributed by atoms with Gasteiger partial charge in [-0.05, 0) is 49.5 Å². The Bertz CT molecular complexity index is 385. The number of aromatic nitrogens is 2. The molecule has 3 heterocycles. The minimum Gasteiger partial charge on any atom is -0.385 e. The van der Waals surface area contributed by atoms with E-state index in [9.17, 15) is 5.11 Å². The van der Waals surface area contributed by atoms with Gasteiger partial charge in [0.2, 0.25) is 0 Å². The molecule has 17 heavy (non-hydrogen) atoms. The third-order valence-electron chi connectivity index (χ3n) is 3.87. The van der Waals surface area contributed by atoms with Crippen molar-refractivity contribution in [3.8, 4) is 0 Å². The summed E-state index contributed by atoms with van der Waals surface area (Å²) < 4.78 is 2.15. The Morgan fingerprint density at radius 2 is 2.18 bits per heavy atom. The highest BCUT2D eigenvalue weighted by Crippen LogP contribution is 2.28. The molecule has 3 nitrogen and oxygen atoms in total. The molecule has 1 aromatic heterocycles. The van der Waals surface area contributed by atoms with Gasteiger partial charge in [0.1, 0.15) is 11.9 Å². The van der Waals surface area contributed by atoms with Crippen molar-refractivity contribution in [2.75, 3.05) is 11.5 Å². The number of thioether (sulfide) groups is 1. The van der Waals surface area contributed by atoms with Crippen LogP contribution in [-0.2, 0) is 13.0 Å². The Morgan fingerprint density at radius 3 is 2.94 bits per heavy atom. The second kappa shape index (κ2) is 5.02. The van der Waals surface area contributed by atoms with Crippen LogP contribution in [0.2, 0.25) is 0 Å². The van der Waals surface area contributed by atoms with E-state index in [0.29, 0.717) is 0 Å². The van der Waals surface area contributed by atoms with E-state index in [2.05, 4.69) is 27.5 Å². The fourth-order valence-electron chi connectivity index (χ4n) is 2.86. The molecule has 0 radical (unpaired) electrons. The van der Waals surface area contributed by atoms with Gasteiger partial charge in [-0.3, -0.25) is 0 Å². The molecule has 0 aliphatic carbocycles. The summed E-state index contributed by atoms with van der Waals surface area (Å²) in [5, 5.41) is 9.89. The Labute approximate surface area is 107 Å². The third kappa shape index (κ3) is 2.52. The molecule has 1 saturated heterocycles. The first-order chi connectivity index (χ1) is 8.33. The van der Waals surface area contributed by atoms with Crippen molar-refractivity contribution in [1.82, 2.24) is 9.55 Å². The molecule has 1 fully saturated rings. The van der Waals surface area contributed by atoms with Crippen molar-refractivity contribution in [2.45, 2.75) is 44.8 Å². The molecule has 0 spiro atoms. The van der Waals surface area contributed by atoms with Crippen molar-refractivity contribution < 1.29 is 5.11 Å². The number of aliphatic hydroxyl groups excluding tert-OH is 1. The maximum atomic E-state index is 9.89. The summed E-state index contributed by atoms with van der Waals surface area (Å²) in [5.41, 5.74) is 1.19. The van der Waals surface area contributed by atoms with Crippen LogP contribution in [0.5, 0.6) is 0 Å². The first-order valence-electron chi connectivity index (χ1n) is 6.64. The number of rotatable bonds is 2. The normalized spacial score (nSPS) is 25.8. The van der Waals surface area contributed by atoms with Crippen LogP contribution < -0.4 is 0 Å². The summed E-state index contributed by atoms with van der Waals surface area (Å²) in [5.74, 6) is 4.32. The van der Waals surface area contributed by atoms with E-state index >= 15 is 0 Å². The lowest BCUT2D eigenvalue weighted by Gasteiger charge is -2.20. The Kier molecular flexibility index (Phi) is 3.43. The molecule has 2 aliphatic heterocycles. The number of imidazole rings is 1. The van der Waals surface area contributed by atoms with Gasteiger partial charge < -0.3 is 9.67 Å². The van der Waals surface area contributed by atoms with Gasteiger partial charge in [0, 0.05) is 12.7 Å². The molecular weight excluding hydrogens is 232 g/mol. The number of aryl methyl sites for hydroxylation is 1. The topological polar surface area (TPSA) is 38.0 Å². The highest BCUT2D eigenvalue weighted by molar-refractivity contribution is 7.99. The minimum absolute atomic E-state index is 0.334. The van der Waals surface area contributed by atoms with E-state index in [0.717, 1.165) is 37.5 Å². The molecule has 3 rings (SSSR count). The second-order valence-electron chi connectivity index (χ2n) is 5.20. The third-order valence-corrected chi connectivity index (χ3v) is 4.92. The predicted octanol–water partition coefficient (Wildman–Crippen LogP) is 2.40. The summed E-state index contributed by atoms with van der Waals surface area (Å²) in [7, 11) is 0. The monoisotopic (exact) mass is 252 g/mol. The van der Waals surface area contributed by atoms with Crippen LogP contribution >= 0.6 is 11.8 Å². The maximum absolute atomic E-state index is 9.89. The van der Waals surface area contributed by atoms with E-state index in [1.165, 1.54) is 30.0 Å². The fourth-order valence-corrected chi connectivity index (χ4v) is 4.06. The largest absolute Gasteiger partial charge is 0.385 e. The predicted molar refractivity (Wildman–Crippen MR) is 70.2 cm³/mol. The van der Waals surface area contributed by atoms with Crippen molar-refractivity contribution >= 4 is 11.8 Å². The van der Waals surface area contributed by atoms with Crippen LogP contribution in [0.15, 0.2) is 6.20 Å². The summed E-state index contributed by atoms with van der Waals surface area (Å²) in [4.78, 5) is 4.63. The van der Waals surface area contributed by atoms with Crippen LogP contribution in [-0.4, -0.2) is 26.2 Å². The minimum atomic E-state index is -0.334. The number of nitrogens with zero attached hydrogens (tertiary/aromatic N) is 2. The van der Waals surface area contributed by atoms with Gasteiger partial charge in [-0.15, -0.1) is 0 Å². The smallest absolute Gasteiger partial charge is 0.137 e. The lowest BCUT2D eigenvalue weighted by molar-refractivity contribution is 0.133. The van der Waals surface area contributed by atoms with Gasteiger partial charge in [0.15, 0.2) is 0 Å². The average Bonchev–Trinajstić information content (AvgIpc) is 2.74. The Balaban J connectivity index is 1.71. The highest BCUT2D eigenvalue weighted by atomic mass is 32.2. The van der Waals surface area contributed by atoms with Crippen LogP contribution in [0.3, 0.4) is 0 Å². The highest BCUT2D eigenvalue weighted by Gasteiger charge is 2.22. The van der Waals surface area contributed by atoms with Crippen molar-refractivity contribution in [3.63, 3.8) is 0 Å². The number of hydrogen-bond acceptors (Lipinski definition) is 3. The second-order valence-corrected chi connectivity index (χ2v) is 6.43. The van der Waals surface area contributed by atoms with E-state index in [1.54, 1.807) is 0 Å². The van der Waals surface area contributed by atoms with Gasteiger partial charge in [-0.25, -0.2) is 4.98 Å². The molecule has 1 aromatic rings. The van der Waals surface area contributed by atoms with Gasteiger partial charge >= 0.3 is 0 Å². The van der Waals surface area contributed by atoms with Crippen molar-refractivity contribution in [3.05, 3.63) is 17.7 Å². The summed E-state index contributed by atoms with van der Waals surface area (Å²) in [6.07, 6.45) is 7.54. The molecule has 0 saturated carbocycles. The van der Waals surface area contributed by atoms with Gasteiger partial charge in [0.25, 0.3) is 0 Å². The lowest BCUT2D eigenvalue weighted by Crippen LogP contribution is -2.14. The van der Waals surface area contributed by atoms with E-state index in [1.807, 2.05) is 0 Å². The SMILES string of the molecule is OC1CCCn2cc(CC3CCSCC3)nc21. The maximum Gasteiger partial charge on any atom is 0.137 e. The standard InChI is InChI=1S/C13H20N2OS/c16-12-2-1-5-15-9-11(14-13(12)15)8-10-3-6-17-7-4-10/h9-10,12,16H,1-8H2. The molecule has 1 unspecified atom stereocenters. The van der Waals surface area contributed by atoms with Crippen molar-refractivity contribution in [2.24, 2.45) is 5.92 Å². The zero-order valence-corrected chi connectivity index (χ0v) is 11.0. The lowest BCUT2D eigenvalue weighted by atomic mass is 9.97. The summed E-state index contributed by atoms with van der Waals surface area (Å²) in [6, 6.07) is 0. The van der Waals surface area contributed by atoms with E-state index in [-0.39, 0.29) is 6.10 Å². The van der Waals surface area contributed by atoms with Crippen LogP contribution in [0.4, 0.5) is 0 Å². The van der Waals surface area contributed by atoms with Gasteiger partial charge in [0.05, 0.1) is 5.69 Å². The first-order valence-corrected chi connectivity index (χ1v) is 7.80. The van der Waals surface area contributed by atoms with E-state index in [4.69, 9.17) is 0 Å². The molecule has 0 amide bonds. The molecule has 0 aromatic carbocycles. The van der Waals surface area contributed by atoms with Crippen molar-refractivity contribution in [1.29, 1.82) is 0 Å². The van der Waals surface area contributed by atoms with E-state index < -0.39 is 0 Å². The van der Waals surface area contributed by atoms with Gasteiger partial charge in [-0.1, -0.05) is 0 Å². The molecule has 1 atom stereocenters. The summed E-state index contributed by atoms with van der Waals surface area (Å²) >= 11 is 2.07. The molecular formula is C13H20N2OS. The molecule has 2 aliphatic rings. The molecule has 4 heteroatoms. The number of aliphatic hydroxyl groups is 1. The molecule has 1 N–H and O–H groups in total. The molecule has 0 bridgehead atoms. The zero-order chi connectivity index (χ0) is 11.7.